The van der Waals surface area contributed by atoms with Crippen molar-refractivity contribution >= 4 is 22.5 Å². The molecule has 0 aromatic heterocycles. The first kappa shape index (κ1) is 20.2. The van der Waals surface area contributed by atoms with Crippen LogP contribution in [-0.2, 0) is 14.3 Å². The van der Waals surface area contributed by atoms with Crippen LogP contribution in [0.15, 0.2) is 0 Å². The molecular weight excluding hydrogens is 361 g/mol. The van der Waals surface area contributed by atoms with Crippen molar-refractivity contribution in [2.24, 2.45) is 11.8 Å². The van der Waals surface area contributed by atoms with Gasteiger partial charge < -0.3 is 0 Å². The van der Waals surface area contributed by atoms with Crippen LogP contribution in [0.3, 0.4) is 0 Å². The van der Waals surface area contributed by atoms with Crippen molar-refractivity contribution in [2.75, 3.05) is 0 Å². The first-order chi connectivity index (χ1) is 11.4. The van der Waals surface area contributed by atoms with Gasteiger partial charge in [0.25, 0.3) is 0 Å². The van der Waals surface area contributed by atoms with E-state index in [9.17, 15) is 9.59 Å². The van der Waals surface area contributed by atoms with Crippen molar-refractivity contribution in [1.82, 2.24) is 0 Å². The van der Waals surface area contributed by atoms with E-state index in [-0.39, 0.29) is 10.5 Å². The summed E-state index contributed by atoms with van der Waals surface area (Å²) >= 11 is -2.98. The second kappa shape index (κ2) is 8.98. The molecular formula is C20H36GeO3. The Morgan fingerprint density at radius 2 is 1.33 bits per heavy atom. The summed E-state index contributed by atoms with van der Waals surface area (Å²) in [6.45, 7) is 8.12. The van der Waals surface area contributed by atoms with Gasteiger partial charge in [-0.25, -0.2) is 0 Å². The van der Waals surface area contributed by atoms with E-state index >= 15 is 0 Å². The summed E-state index contributed by atoms with van der Waals surface area (Å²) in [7, 11) is 0. The third-order valence-corrected chi connectivity index (χ3v) is 17.5. The number of carbonyl (C=O) groups is 2. The Morgan fingerprint density at radius 3 is 1.75 bits per heavy atom. The molecule has 0 unspecified atom stereocenters. The van der Waals surface area contributed by atoms with Gasteiger partial charge in [-0.2, -0.15) is 0 Å². The van der Waals surface area contributed by atoms with Crippen LogP contribution in [0.5, 0.6) is 0 Å². The predicted octanol–water partition coefficient (Wildman–Crippen LogP) is 4.87. The van der Waals surface area contributed by atoms with E-state index in [1.54, 1.807) is 6.92 Å². The van der Waals surface area contributed by atoms with Gasteiger partial charge in [0.2, 0.25) is 0 Å². The zero-order chi connectivity index (χ0) is 17.7. The monoisotopic (exact) mass is 398 g/mol. The average Bonchev–Trinajstić information content (AvgIpc) is 2.59. The molecule has 2 rings (SSSR count). The summed E-state index contributed by atoms with van der Waals surface area (Å²) in [5.41, 5.74) is 0. The topological polar surface area (TPSA) is 43.4 Å². The van der Waals surface area contributed by atoms with E-state index in [4.69, 9.17) is 4.74 Å². The maximum atomic E-state index is 13.1. The van der Waals surface area contributed by atoms with Gasteiger partial charge in [-0.15, -0.1) is 0 Å². The van der Waals surface area contributed by atoms with Crippen molar-refractivity contribution in [2.45, 2.75) is 102 Å². The van der Waals surface area contributed by atoms with Gasteiger partial charge in [0.05, 0.1) is 0 Å². The zero-order valence-corrected chi connectivity index (χ0v) is 18.2. The molecule has 0 atom stereocenters. The molecule has 0 spiro atoms. The summed E-state index contributed by atoms with van der Waals surface area (Å²) in [5.74, 6) is 0.993. The molecule has 2 aliphatic rings. The van der Waals surface area contributed by atoms with Crippen LogP contribution >= 0.6 is 0 Å². The first-order valence-corrected chi connectivity index (χ1v) is 15.2. The molecule has 2 fully saturated rings. The van der Waals surface area contributed by atoms with Gasteiger partial charge in [0.1, 0.15) is 0 Å². The van der Waals surface area contributed by atoms with Gasteiger partial charge in [0, 0.05) is 0 Å². The third kappa shape index (κ3) is 4.52. The van der Waals surface area contributed by atoms with Gasteiger partial charge in [0.15, 0.2) is 0 Å². The fraction of sp³-hybridized carbons (Fsp3) is 0.900. The fourth-order valence-corrected chi connectivity index (χ4v) is 12.3. The van der Waals surface area contributed by atoms with Crippen LogP contribution in [0, 0.1) is 11.8 Å². The Bertz CT molecular complexity index is 428. The minimum atomic E-state index is -2.98. The van der Waals surface area contributed by atoms with Crippen molar-refractivity contribution in [1.29, 1.82) is 0 Å². The molecule has 0 radical (unpaired) electrons. The number of ether oxygens (including phenoxy) is 1. The summed E-state index contributed by atoms with van der Waals surface area (Å²) in [5, 5.41) is 1.64. The van der Waals surface area contributed by atoms with Crippen molar-refractivity contribution in [3.8, 4) is 0 Å². The van der Waals surface area contributed by atoms with Gasteiger partial charge in [-0.05, 0) is 0 Å². The molecule has 0 aromatic rings. The number of rotatable bonds is 7. The summed E-state index contributed by atoms with van der Waals surface area (Å²) in [4.78, 5) is 25.3. The Hall–Kier alpha value is -0.157. The molecule has 0 amide bonds. The molecule has 2 aliphatic carbocycles. The van der Waals surface area contributed by atoms with E-state index in [0.717, 1.165) is 42.1 Å². The number of carbonyl (C=O) groups excluding carboxylic acids is 2. The van der Waals surface area contributed by atoms with Gasteiger partial charge in [-0.3, -0.25) is 0 Å². The maximum absolute atomic E-state index is 13.1. The molecule has 0 aliphatic heterocycles. The molecule has 0 heterocycles. The summed E-state index contributed by atoms with van der Waals surface area (Å²) in [6.07, 6.45) is 9.66. The van der Waals surface area contributed by atoms with Crippen molar-refractivity contribution in [3.05, 3.63) is 0 Å². The van der Waals surface area contributed by atoms with Crippen molar-refractivity contribution in [3.63, 3.8) is 0 Å². The van der Waals surface area contributed by atoms with Crippen LogP contribution < -0.4 is 0 Å². The van der Waals surface area contributed by atoms with E-state index in [0.29, 0.717) is 16.8 Å². The normalized spacial score (nSPS) is 31.7. The average molecular weight is 397 g/mol. The Morgan fingerprint density at radius 1 is 0.875 bits per heavy atom. The first-order valence-electron chi connectivity index (χ1n) is 10.1. The van der Waals surface area contributed by atoms with E-state index in [1.165, 1.54) is 25.7 Å². The minimum absolute atomic E-state index is 0.139. The molecule has 3 nitrogen and oxygen atoms in total. The van der Waals surface area contributed by atoms with Crippen LogP contribution in [0.4, 0.5) is 0 Å². The number of hydrogen-bond acceptors (Lipinski definition) is 3. The molecule has 2 saturated carbocycles. The zero-order valence-electron chi connectivity index (χ0n) is 16.1. The van der Waals surface area contributed by atoms with E-state index in [2.05, 4.69) is 20.8 Å². The Kier molecular flexibility index (Phi) is 7.54. The number of hydrogen-bond donors (Lipinski definition) is 0. The molecule has 138 valence electrons. The van der Waals surface area contributed by atoms with Crippen molar-refractivity contribution < 1.29 is 14.3 Å². The second-order valence-electron chi connectivity index (χ2n) is 8.20. The SMILES string of the molecule is C[CH2][Ge]([CH2]C)([C](C)=O)[C](=O)C1CCC(OC2CCC(C)CC2)CC1. The Balaban J connectivity index is 1.85. The van der Waals surface area contributed by atoms with Gasteiger partial charge in [-0.1, -0.05) is 0 Å². The van der Waals surface area contributed by atoms with E-state index < -0.39 is 13.3 Å². The quantitative estimate of drug-likeness (QED) is 0.576. The molecule has 0 bridgehead atoms. The molecule has 24 heavy (non-hydrogen) atoms. The molecule has 0 N–H and O–H groups in total. The molecule has 4 heteroatoms. The van der Waals surface area contributed by atoms with Crippen LogP contribution in [0.2, 0.25) is 10.5 Å². The predicted molar refractivity (Wildman–Crippen MR) is 101 cm³/mol. The molecule has 0 aromatic carbocycles. The summed E-state index contributed by atoms with van der Waals surface area (Å²) in [6, 6.07) is 0. The van der Waals surface area contributed by atoms with Crippen LogP contribution in [0.1, 0.15) is 79.1 Å². The second-order valence-corrected chi connectivity index (χ2v) is 18.2. The summed E-state index contributed by atoms with van der Waals surface area (Å²) < 4.78 is 6.95. The van der Waals surface area contributed by atoms with Crippen LogP contribution in [0.25, 0.3) is 0 Å². The third-order valence-electron chi connectivity index (χ3n) is 6.75. The standard InChI is InChI=1S/C20H36GeO3/c1-5-21(6-2,16(4)22)20(23)17-9-13-19(14-10-17)24-18-11-7-15(3)8-12-18/h15,17-19H,5-14H2,1-4H3. The van der Waals surface area contributed by atoms with Gasteiger partial charge >= 0.3 is 150 Å². The van der Waals surface area contributed by atoms with Crippen LogP contribution in [-0.4, -0.2) is 34.7 Å². The Labute approximate surface area is 150 Å². The molecule has 0 saturated heterocycles. The van der Waals surface area contributed by atoms with E-state index in [1.807, 2.05) is 0 Å². The fourth-order valence-electron chi connectivity index (χ4n) is 4.76.